The van der Waals surface area contributed by atoms with Crippen LogP contribution in [0.5, 0.6) is 0 Å². The van der Waals surface area contributed by atoms with E-state index in [-0.39, 0.29) is 5.17 Å². The van der Waals surface area contributed by atoms with Crippen LogP contribution < -0.4 is 0 Å². The molecule has 1 aliphatic carbocycles. The third kappa shape index (κ3) is 2.97. The minimum absolute atomic E-state index is 0.182. The van der Waals surface area contributed by atoms with E-state index in [1.54, 1.807) is 0 Å². The van der Waals surface area contributed by atoms with E-state index in [9.17, 15) is 0 Å². The Morgan fingerprint density at radius 3 is 2.70 bits per heavy atom. The number of aliphatic imine (C=N–C) groups is 1. The molecule has 0 aromatic heterocycles. The molecular weight excluding hydrogens is 148 g/mol. The van der Waals surface area contributed by atoms with Crippen LogP contribution in [-0.2, 0) is 0 Å². The van der Waals surface area contributed by atoms with Crippen LogP contribution in [0, 0.1) is 5.41 Å². The Kier molecular flexibility index (Phi) is 2.44. The van der Waals surface area contributed by atoms with Gasteiger partial charge in [-0.3, -0.25) is 10.4 Å². The highest BCUT2D eigenvalue weighted by Crippen LogP contribution is 2.23. The van der Waals surface area contributed by atoms with E-state index in [1.165, 1.54) is 12.8 Å². The third-order valence-electron chi connectivity index (χ3n) is 1.36. The van der Waals surface area contributed by atoms with Gasteiger partial charge in [-0.1, -0.05) is 11.6 Å². The van der Waals surface area contributed by atoms with Crippen molar-refractivity contribution in [2.45, 2.75) is 32.2 Å². The summed E-state index contributed by atoms with van der Waals surface area (Å²) in [5.41, 5.74) is 0.988. The van der Waals surface area contributed by atoms with E-state index in [0.29, 0.717) is 12.5 Å². The average Bonchev–Trinajstić information content (AvgIpc) is 2.46. The standard InChI is InChI=1S/C7H11ClN2/c1-5(4-7(8)9)10-6-2-3-6/h6,9H,2-4H2,1H3. The van der Waals surface area contributed by atoms with Gasteiger partial charge in [0.15, 0.2) is 0 Å². The Balaban J connectivity index is 2.31. The summed E-state index contributed by atoms with van der Waals surface area (Å²) in [4.78, 5) is 4.32. The van der Waals surface area contributed by atoms with Crippen LogP contribution in [0.4, 0.5) is 0 Å². The first-order valence-corrected chi connectivity index (χ1v) is 3.82. The van der Waals surface area contributed by atoms with E-state index < -0.39 is 0 Å². The third-order valence-corrected chi connectivity index (χ3v) is 1.49. The summed E-state index contributed by atoms with van der Waals surface area (Å²) in [5.74, 6) is 0. The number of nitrogens with one attached hydrogen (secondary N) is 1. The minimum atomic E-state index is 0.182. The van der Waals surface area contributed by atoms with Crippen molar-refractivity contribution in [3.05, 3.63) is 0 Å². The van der Waals surface area contributed by atoms with Crippen molar-refractivity contribution < 1.29 is 0 Å². The lowest BCUT2D eigenvalue weighted by Gasteiger charge is -1.94. The highest BCUT2D eigenvalue weighted by atomic mass is 35.5. The molecule has 0 unspecified atom stereocenters. The molecule has 0 aromatic rings. The topological polar surface area (TPSA) is 36.2 Å². The monoisotopic (exact) mass is 158 g/mol. The van der Waals surface area contributed by atoms with E-state index >= 15 is 0 Å². The first-order valence-electron chi connectivity index (χ1n) is 3.44. The summed E-state index contributed by atoms with van der Waals surface area (Å²) in [6.45, 7) is 1.93. The molecule has 1 fully saturated rings. The van der Waals surface area contributed by atoms with Gasteiger partial charge in [0, 0.05) is 12.1 Å². The molecule has 1 rings (SSSR count). The molecule has 0 radical (unpaired) electrons. The fourth-order valence-corrected chi connectivity index (χ4v) is 0.979. The van der Waals surface area contributed by atoms with Crippen LogP contribution in [0.15, 0.2) is 4.99 Å². The molecule has 0 bridgehead atoms. The van der Waals surface area contributed by atoms with E-state index in [2.05, 4.69) is 4.99 Å². The molecule has 1 saturated carbocycles. The van der Waals surface area contributed by atoms with Gasteiger partial charge < -0.3 is 0 Å². The molecule has 0 saturated heterocycles. The van der Waals surface area contributed by atoms with Gasteiger partial charge in [0.25, 0.3) is 0 Å². The second-order valence-electron chi connectivity index (χ2n) is 2.68. The maximum atomic E-state index is 6.97. The lowest BCUT2D eigenvalue weighted by atomic mass is 10.3. The van der Waals surface area contributed by atoms with Gasteiger partial charge in [-0.05, 0) is 19.8 Å². The maximum Gasteiger partial charge on any atom is 0.102 e. The fraction of sp³-hybridized carbons (Fsp3) is 0.714. The molecule has 0 heterocycles. The molecule has 10 heavy (non-hydrogen) atoms. The summed E-state index contributed by atoms with van der Waals surface area (Å²) in [6.07, 6.45) is 2.96. The van der Waals surface area contributed by atoms with E-state index in [0.717, 1.165) is 5.71 Å². The van der Waals surface area contributed by atoms with Crippen molar-refractivity contribution in [3.63, 3.8) is 0 Å². The average molecular weight is 159 g/mol. The Bertz CT molecular complexity index is 170. The van der Waals surface area contributed by atoms with Gasteiger partial charge >= 0.3 is 0 Å². The van der Waals surface area contributed by atoms with Gasteiger partial charge in [-0.15, -0.1) is 0 Å². The number of hydrogen-bond acceptors (Lipinski definition) is 2. The molecule has 1 aliphatic rings. The molecule has 0 aliphatic heterocycles. The van der Waals surface area contributed by atoms with Gasteiger partial charge in [0.2, 0.25) is 0 Å². The van der Waals surface area contributed by atoms with Crippen LogP contribution in [0.1, 0.15) is 26.2 Å². The molecular formula is C7H11ClN2. The normalized spacial score (nSPS) is 19.2. The number of hydrogen-bond donors (Lipinski definition) is 1. The summed E-state index contributed by atoms with van der Waals surface area (Å²) in [5, 5.41) is 7.16. The Hall–Kier alpha value is -0.370. The molecule has 2 nitrogen and oxygen atoms in total. The first-order chi connectivity index (χ1) is 4.68. The zero-order valence-electron chi connectivity index (χ0n) is 6.02. The number of rotatable bonds is 3. The van der Waals surface area contributed by atoms with Gasteiger partial charge in [0.1, 0.15) is 5.17 Å². The van der Waals surface area contributed by atoms with Crippen molar-refractivity contribution in [2.24, 2.45) is 4.99 Å². The molecule has 0 atom stereocenters. The summed E-state index contributed by atoms with van der Waals surface area (Å²) in [6, 6.07) is 0.552. The van der Waals surface area contributed by atoms with Crippen molar-refractivity contribution in [2.75, 3.05) is 0 Å². The first kappa shape index (κ1) is 7.73. The van der Waals surface area contributed by atoms with Crippen LogP contribution >= 0.6 is 11.6 Å². The van der Waals surface area contributed by atoms with Gasteiger partial charge in [-0.25, -0.2) is 0 Å². The smallest absolute Gasteiger partial charge is 0.102 e. The molecule has 0 spiro atoms. The lowest BCUT2D eigenvalue weighted by molar-refractivity contribution is 1.06. The van der Waals surface area contributed by atoms with Crippen LogP contribution in [0.25, 0.3) is 0 Å². The minimum Gasteiger partial charge on any atom is -0.293 e. The molecule has 3 heteroatoms. The molecule has 56 valence electrons. The quantitative estimate of drug-likeness (QED) is 0.612. The SMILES string of the molecule is CC(CC(=N)Cl)=NC1CC1. The van der Waals surface area contributed by atoms with Gasteiger partial charge in [-0.2, -0.15) is 0 Å². The van der Waals surface area contributed by atoms with Crippen LogP contribution in [-0.4, -0.2) is 16.9 Å². The maximum absolute atomic E-state index is 6.97. The number of nitrogens with zero attached hydrogens (tertiary/aromatic N) is 1. The van der Waals surface area contributed by atoms with Gasteiger partial charge in [0.05, 0.1) is 6.04 Å². The predicted octanol–water partition coefficient (Wildman–Crippen LogP) is 2.22. The van der Waals surface area contributed by atoms with Crippen LogP contribution in [0.2, 0.25) is 0 Å². The van der Waals surface area contributed by atoms with Crippen LogP contribution in [0.3, 0.4) is 0 Å². The molecule has 0 amide bonds. The fourth-order valence-electron chi connectivity index (χ4n) is 0.786. The summed E-state index contributed by atoms with van der Waals surface area (Å²) >= 11 is 5.38. The molecule has 1 N–H and O–H groups in total. The van der Waals surface area contributed by atoms with E-state index in [1.807, 2.05) is 6.92 Å². The molecule has 0 aromatic carbocycles. The Morgan fingerprint density at radius 2 is 2.30 bits per heavy atom. The largest absolute Gasteiger partial charge is 0.293 e. The summed E-state index contributed by atoms with van der Waals surface area (Å²) in [7, 11) is 0. The second-order valence-corrected chi connectivity index (χ2v) is 3.13. The highest BCUT2D eigenvalue weighted by Gasteiger charge is 2.19. The lowest BCUT2D eigenvalue weighted by Crippen LogP contribution is -1.98. The number of halogens is 1. The second kappa shape index (κ2) is 3.15. The Labute approximate surface area is 65.8 Å². The van der Waals surface area contributed by atoms with Crippen molar-refractivity contribution in [1.29, 1.82) is 5.41 Å². The van der Waals surface area contributed by atoms with Crippen molar-refractivity contribution in [1.82, 2.24) is 0 Å². The Morgan fingerprint density at radius 1 is 1.70 bits per heavy atom. The highest BCUT2D eigenvalue weighted by molar-refractivity contribution is 6.66. The van der Waals surface area contributed by atoms with Crippen molar-refractivity contribution >= 4 is 22.5 Å². The predicted molar refractivity (Wildman–Crippen MR) is 44.3 cm³/mol. The van der Waals surface area contributed by atoms with Crippen molar-refractivity contribution in [3.8, 4) is 0 Å². The summed E-state index contributed by atoms with van der Waals surface area (Å²) < 4.78 is 0. The zero-order chi connectivity index (χ0) is 7.56. The zero-order valence-corrected chi connectivity index (χ0v) is 6.78. The van der Waals surface area contributed by atoms with E-state index in [4.69, 9.17) is 17.0 Å².